The van der Waals surface area contributed by atoms with Gasteiger partial charge in [-0.05, 0) is 18.4 Å². The van der Waals surface area contributed by atoms with Gasteiger partial charge in [-0.15, -0.1) is 11.6 Å². The summed E-state index contributed by atoms with van der Waals surface area (Å²) in [6.07, 6.45) is 4.25. The summed E-state index contributed by atoms with van der Waals surface area (Å²) < 4.78 is 0. The van der Waals surface area contributed by atoms with Crippen LogP contribution in [0.5, 0.6) is 0 Å². The molecule has 1 amide bonds. The maximum absolute atomic E-state index is 12.4. The number of halogens is 1. The highest BCUT2D eigenvalue weighted by atomic mass is 35.5. The fourth-order valence-electron chi connectivity index (χ4n) is 1.96. The molecule has 0 spiro atoms. The second-order valence-corrected chi connectivity index (χ2v) is 5.24. The molecule has 0 saturated carbocycles. The lowest BCUT2D eigenvalue weighted by Crippen LogP contribution is -2.35. The van der Waals surface area contributed by atoms with Gasteiger partial charge in [-0.1, -0.05) is 57.0 Å². The monoisotopic (exact) mass is 281 g/mol. The lowest BCUT2D eigenvalue weighted by molar-refractivity contribution is -0.131. The maximum Gasteiger partial charge on any atom is 0.245 e. The van der Waals surface area contributed by atoms with Crippen molar-refractivity contribution >= 4 is 17.5 Å². The largest absolute Gasteiger partial charge is 0.341 e. The van der Waals surface area contributed by atoms with Gasteiger partial charge in [0.2, 0.25) is 5.91 Å². The molecule has 0 bridgehead atoms. The Morgan fingerprint density at radius 1 is 1.11 bits per heavy atom. The van der Waals surface area contributed by atoms with Gasteiger partial charge in [0.1, 0.15) is 5.38 Å². The SMILES string of the molecule is CCCCN(CCCC)C(=O)C(Cl)c1ccccc1. The molecule has 0 aliphatic carbocycles. The quantitative estimate of drug-likeness (QED) is 0.647. The number of alkyl halides is 1. The number of carbonyl (C=O) groups is 1. The molecule has 0 aliphatic heterocycles. The van der Waals surface area contributed by atoms with Crippen LogP contribution >= 0.6 is 11.6 Å². The van der Waals surface area contributed by atoms with Gasteiger partial charge in [-0.3, -0.25) is 4.79 Å². The fourth-order valence-corrected chi connectivity index (χ4v) is 2.24. The summed E-state index contributed by atoms with van der Waals surface area (Å²) in [5, 5.41) is -0.560. The van der Waals surface area contributed by atoms with Crippen molar-refractivity contribution in [3.63, 3.8) is 0 Å². The van der Waals surface area contributed by atoms with Gasteiger partial charge in [0.05, 0.1) is 0 Å². The molecule has 0 saturated heterocycles. The van der Waals surface area contributed by atoms with E-state index in [1.807, 2.05) is 35.2 Å². The Kier molecular flexibility index (Phi) is 7.57. The Morgan fingerprint density at radius 2 is 1.63 bits per heavy atom. The van der Waals surface area contributed by atoms with E-state index in [-0.39, 0.29) is 5.91 Å². The predicted molar refractivity (Wildman–Crippen MR) is 81.4 cm³/mol. The van der Waals surface area contributed by atoms with Crippen molar-refractivity contribution in [2.45, 2.75) is 44.9 Å². The smallest absolute Gasteiger partial charge is 0.245 e. The molecule has 0 radical (unpaired) electrons. The number of hydrogen-bond donors (Lipinski definition) is 0. The summed E-state index contributed by atoms with van der Waals surface area (Å²) in [6, 6.07) is 9.59. The summed E-state index contributed by atoms with van der Waals surface area (Å²) >= 11 is 6.32. The number of hydrogen-bond acceptors (Lipinski definition) is 1. The molecule has 0 aliphatic rings. The number of rotatable bonds is 8. The van der Waals surface area contributed by atoms with E-state index in [2.05, 4.69) is 13.8 Å². The summed E-state index contributed by atoms with van der Waals surface area (Å²) in [5.74, 6) is 0.0368. The molecule has 1 aromatic rings. The number of amides is 1. The Balaban J connectivity index is 2.68. The zero-order valence-corrected chi connectivity index (χ0v) is 12.7. The molecule has 1 rings (SSSR count). The molecular formula is C16H24ClNO. The average Bonchev–Trinajstić information content (AvgIpc) is 2.47. The normalized spacial score (nSPS) is 12.2. The van der Waals surface area contributed by atoms with Crippen LogP contribution in [0.1, 0.15) is 50.5 Å². The number of nitrogens with zero attached hydrogens (tertiary/aromatic N) is 1. The first-order chi connectivity index (χ1) is 9.20. The lowest BCUT2D eigenvalue weighted by atomic mass is 10.1. The third kappa shape index (κ3) is 5.23. The van der Waals surface area contributed by atoms with Gasteiger partial charge >= 0.3 is 0 Å². The van der Waals surface area contributed by atoms with Crippen LogP contribution in [0.2, 0.25) is 0 Å². The fraction of sp³-hybridized carbons (Fsp3) is 0.562. The summed E-state index contributed by atoms with van der Waals surface area (Å²) in [5.41, 5.74) is 0.882. The van der Waals surface area contributed by atoms with Crippen LogP contribution in [-0.4, -0.2) is 23.9 Å². The van der Waals surface area contributed by atoms with Crippen LogP contribution in [0, 0.1) is 0 Å². The molecule has 1 aromatic carbocycles. The van der Waals surface area contributed by atoms with Crippen molar-refractivity contribution in [3.05, 3.63) is 35.9 Å². The van der Waals surface area contributed by atoms with Crippen LogP contribution in [-0.2, 0) is 4.79 Å². The first-order valence-corrected chi connectivity index (χ1v) is 7.62. The zero-order valence-electron chi connectivity index (χ0n) is 11.9. The molecule has 2 nitrogen and oxygen atoms in total. The van der Waals surface area contributed by atoms with Crippen molar-refractivity contribution in [2.24, 2.45) is 0 Å². The Hall–Kier alpha value is -1.02. The minimum absolute atomic E-state index is 0.0368. The third-order valence-corrected chi connectivity index (χ3v) is 3.62. The zero-order chi connectivity index (χ0) is 14.1. The van der Waals surface area contributed by atoms with Crippen molar-refractivity contribution < 1.29 is 4.79 Å². The lowest BCUT2D eigenvalue weighted by Gasteiger charge is -2.25. The second-order valence-electron chi connectivity index (χ2n) is 4.81. The average molecular weight is 282 g/mol. The van der Waals surface area contributed by atoms with E-state index in [4.69, 9.17) is 11.6 Å². The predicted octanol–water partition coefficient (Wildman–Crippen LogP) is 4.40. The number of benzene rings is 1. The molecule has 19 heavy (non-hydrogen) atoms. The molecule has 1 unspecified atom stereocenters. The van der Waals surface area contributed by atoms with Gasteiger partial charge in [0.25, 0.3) is 0 Å². The van der Waals surface area contributed by atoms with E-state index >= 15 is 0 Å². The topological polar surface area (TPSA) is 20.3 Å². The molecule has 1 atom stereocenters. The highest BCUT2D eigenvalue weighted by Crippen LogP contribution is 2.23. The molecule has 3 heteroatoms. The Morgan fingerprint density at radius 3 is 2.11 bits per heavy atom. The van der Waals surface area contributed by atoms with Crippen molar-refractivity contribution in [1.82, 2.24) is 4.90 Å². The van der Waals surface area contributed by atoms with Gasteiger partial charge in [-0.25, -0.2) is 0 Å². The van der Waals surface area contributed by atoms with Crippen LogP contribution < -0.4 is 0 Å². The molecule has 0 fully saturated rings. The molecule has 0 N–H and O–H groups in total. The standard InChI is InChI=1S/C16H24ClNO/c1-3-5-12-18(13-6-4-2)16(19)15(17)14-10-8-7-9-11-14/h7-11,15H,3-6,12-13H2,1-2H3. The Bertz CT molecular complexity index is 358. The first kappa shape index (κ1) is 16.0. The van der Waals surface area contributed by atoms with Crippen molar-refractivity contribution in [3.8, 4) is 0 Å². The van der Waals surface area contributed by atoms with Crippen LogP contribution in [0.25, 0.3) is 0 Å². The van der Waals surface area contributed by atoms with Crippen LogP contribution in [0.3, 0.4) is 0 Å². The first-order valence-electron chi connectivity index (χ1n) is 7.18. The van der Waals surface area contributed by atoms with Gasteiger partial charge < -0.3 is 4.90 Å². The number of unbranched alkanes of at least 4 members (excludes halogenated alkanes) is 2. The van der Waals surface area contributed by atoms with E-state index in [0.29, 0.717) is 0 Å². The van der Waals surface area contributed by atoms with Gasteiger partial charge in [0, 0.05) is 13.1 Å². The van der Waals surface area contributed by atoms with E-state index in [1.54, 1.807) is 0 Å². The third-order valence-electron chi connectivity index (χ3n) is 3.18. The van der Waals surface area contributed by atoms with Crippen LogP contribution in [0.15, 0.2) is 30.3 Å². The van der Waals surface area contributed by atoms with Gasteiger partial charge in [-0.2, -0.15) is 0 Å². The maximum atomic E-state index is 12.4. The van der Waals surface area contributed by atoms with E-state index in [1.165, 1.54) is 0 Å². The summed E-state index contributed by atoms with van der Waals surface area (Å²) in [6.45, 7) is 5.90. The van der Waals surface area contributed by atoms with Gasteiger partial charge in [0.15, 0.2) is 0 Å². The van der Waals surface area contributed by atoms with Crippen molar-refractivity contribution in [2.75, 3.05) is 13.1 Å². The van der Waals surface area contributed by atoms with Crippen LogP contribution in [0.4, 0.5) is 0 Å². The van der Waals surface area contributed by atoms with E-state index in [9.17, 15) is 4.79 Å². The molecular weight excluding hydrogens is 258 g/mol. The van der Waals surface area contributed by atoms with E-state index in [0.717, 1.165) is 44.3 Å². The number of carbonyl (C=O) groups excluding carboxylic acids is 1. The Labute approximate surface area is 121 Å². The van der Waals surface area contributed by atoms with Crippen molar-refractivity contribution in [1.29, 1.82) is 0 Å². The molecule has 0 aromatic heterocycles. The minimum atomic E-state index is -0.560. The minimum Gasteiger partial charge on any atom is -0.341 e. The summed E-state index contributed by atoms with van der Waals surface area (Å²) in [4.78, 5) is 14.4. The molecule has 106 valence electrons. The highest BCUT2D eigenvalue weighted by Gasteiger charge is 2.22. The van der Waals surface area contributed by atoms with E-state index < -0.39 is 5.38 Å². The molecule has 0 heterocycles. The highest BCUT2D eigenvalue weighted by molar-refractivity contribution is 6.30. The second kappa shape index (κ2) is 8.98. The summed E-state index contributed by atoms with van der Waals surface area (Å²) in [7, 11) is 0.